The molecule has 0 spiro atoms. The topological polar surface area (TPSA) is 0 Å². The van der Waals surface area contributed by atoms with E-state index in [1.54, 1.807) is 4.88 Å². The molecule has 0 radical (unpaired) electrons. The second kappa shape index (κ2) is 12.5. The van der Waals surface area contributed by atoms with Crippen molar-refractivity contribution >= 4 is 131 Å². The molecule has 0 aliphatic heterocycles. The summed E-state index contributed by atoms with van der Waals surface area (Å²) in [5, 5.41) is 5.44. The summed E-state index contributed by atoms with van der Waals surface area (Å²) in [5.41, 5.74) is 0. The smallest absolute Gasteiger partial charge is 0.0660 e. The monoisotopic (exact) mass is 794 g/mol. The minimum atomic E-state index is 0.659. The fourth-order valence-electron chi connectivity index (χ4n) is 6.03. The van der Waals surface area contributed by atoms with Crippen LogP contribution in [0.1, 0.15) is 63.2 Å². The van der Waals surface area contributed by atoms with Crippen LogP contribution in [0.3, 0.4) is 0 Å². The molecule has 0 saturated heterocycles. The predicted molar refractivity (Wildman–Crippen MR) is 215 cm³/mol. The van der Waals surface area contributed by atoms with Crippen LogP contribution >= 0.6 is 90.6 Å². The Kier molecular flexibility index (Phi) is 8.50. The number of unbranched alkanes of at least 4 members (excludes halogenated alkanes) is 4. The molecule has 6 heterocycles. The summed E-state index contributed by atoms with van der Waals surface area (Å²) in [6.45, 7) is 4.70. The summed E-state index contributed by atoms with van der Waals surface area (Å²) < 4.78 is 6.89. The zero-order valence-electron chi connectivity index (χ0n) is 24.6. The Morgan fingerprint density at radius 1 is 0.500 bits per heavy atom. The van der Waals surface area contributed by atoms with Gasteiger partial charge in [-0.3, -0.25) is 0 Å². The van der Waals surface area contributed by atoms with E-state index in [1.807, 2.05) is 68.0 Å². The van der Waals surface area contributed by atoms with Crippen molar-refractivity contribution in [2.24, 2.45) is 0 Å². The molecular weight excluding hydrogens is 764 g/mol. The lowest BCUT2D eigenvalue weighted by atomic mass is 10.0. The zero-order valence-corrected chi connectivity index (χ0v) is 31.6. The number of hydrogen-bond acceptors (Lipinski definition) is 6. The molecule has 44 heavy (non-hydrogen) atoms. The molecule has 7 heteroatoms. The third-order valence-corrected chi connectivity index (χ3v) is 16.7. The minimum absolute atomic E-state index is 0.659. The third-order valence-electron chi connectivity index (χ3n) is 8.47. The molecule has 6 aromatic heterocycles. The Morgan fingerprint density at radius 3 is 1.48 bits per heavy atom. The Morgan fingerprint density at radius 2 is 0.977 bits per heavy atom. The highest BCUT2D eigenvalue weighted by atomic mass is 127. The average Bonchev–Trinajstić information content (AvgIpc) is 3.85. The molecule has 222 valence electrons. The van der Waals surface area contributed by atoms with E-state index in [-0.39, 0.29) is 0 Å². The van der Waals surface area contributed by atoms with E-state index in [0.29, 0.717) is 5.92 Å². The van der Waals surface area contributed by atoms with E-state index in [4.69, 9.17) is 0 Å². The third kappa shape index (κ3) is 5.87. The zero-order chi connectivity index (χ0) is 29.8. The van der Waals surface area contributed by atoms with E-state index in [9.17, 15) is 0 Å². The van der Waals surface area contributed by atoms with Crippen molar-refractivity contribution in [1.82, 2.24) is 0 Å². The molecule has 1 unspecified atom stereocenters. The first-order valence-electron chi connectivity index (χ1n) is 15.3. The van der Waals surface area contributed by atoms with Gasteiger partial charge in [-0.1, -0.05) is 46.0 Å². The summed E-state index contributed by atoms with van der Waals surface area (Å²) in [7, 11) is 0. The highest BCUT2D eigenvalue weighted by Crippen LogP contribution is 2.46. The normalized spacial score (nSPS) is 12.9. The molecule has 0 amide bonds. The van der Waals surface area contributed by atoms with Crippen molar-refractivity contribution in [3.8, 4) is 29.3 Å². The molecule has 0 N–H and O–H groups in total. The lowest BCUT2D eigenvalue weighted by Gasteiger charge is -2.08. The summed E-state index contributed by atoms with van der Waals surface area (Å²) in [6, 6.07) is 28.4. The van der Waals surface area contributed by atoms with Crippen LogP contribution < -0.4 is 0 Å². The number of fused-ring (bicyclic) bond motifs is 4. The average molecular weight is 795 g/mol. The second-order valence-electron chi connectivity index (χ2n) is 11.7. The first kappa shape index (κ1) is 29.8. The number of benzene rings is 2. The molecule has 0 nitrogen and oxygen atoms in total. The Bertz CT molecular complexity index is 2140. The lowest BCUT2D eigenvalue weighted by molar-refractivity contribution is 0.571. The van der Waals surface area contributed by atoms with Crippen molar-refractivity contribution in [2.75, 3.05) is 0 Å². The second-order valence-corrected chi connectivity index (χ2v) is 20.1. The maximum atomic E-state index is 2.43. The molecule has 0 aliphatic carbocycles. The fraction of sp³-hybridized carbons (Fsp3) is 0.243. The van der Waals surface area contributed by atoms with Gasteiger partial charge in [0.25, 0.3) is 0 Å². The van der Waals surface area contributed by atoms with Gasteiger partial charge in [0.05, 0.1) is 2.88 Å². The maximum absolute atomic E-state index is 2.43. The van der Waals surface area contributed by atoms with E-state index in [1.165, 1.54) is 111 Å². The summed E-state index contributed by atoms with van der Waals surface area (Å²) >= 11 is 14.0. The quantitative estimate of drug-likeness (QED) is 0.0955. The van der Waals surface area contributed by atoms with Crippen LogP contribution in [-0.2, 0) is 0 Å². The molecule has 0 aliphatic rings. The van der Waals surface area contributed by atoms with Gasteiger partial charge >= 0.3 is 0 Å². The van der Waals surface area contributed by atoms with Crippen molar-refractivity contribution < 1.29 is 0 Å². The van der Waals surface area contributed by atoms with Gasteiger partial charge in [-0.25, -0.2) is 0 Å². The lowest BCUT2D eigenvalue weighted by Crippen LogP contribution is -1.90. The molecule has 8 rings (SSSR count). The number of rotatable bonds is 10. The van der Waals surface area contributed by atoms with Crippen LogP contribution in [0.2, 0.25) is 0 Å². The van der Waals surface area contributed by atoms with E-state index in [0.717, 1.165) is 0 Å². The van der Waals surface area contributed by atoms with Gasteiger partial charge in [0, 0.05) is 52.9 Å². The Balaban J connectivity index is 1.03. The number of thiophene rings is 6. The van der Waals surface area contributed by atoms with Crippen LogP contribution in [0, 0.1) is 2.88 Å². The van der Waals surface area contributed by atoms with Gasteiger partial charge in [-0.15, -0.1) is 68.0 Å². The summed E-state index contributed by atoms with van der Waals surface area (Å²) in [6.07, 6.45) is 8.13. The molecule has 1 atom stereocenters. The number of halogens is 1. The van der Waals surface area contributed by atoms with Crippen molar-refractivity contribution in [3.05, 3.63) is 80.6 Å². The SMILES string of the molecule is CCCCCCCC(C)c1ccc(-c2cc3cc4cc(-c5cc6cc7cc(-c8ccc(I)s8)sc7cc6s5)sc4cc3s2)s1. The largest absolute Gasteiger partial charge is 0.139 e. The fourth-order valence-corrected chi connectivity index (χ4v) is 13.5. The van der Waals surface area contributed by atoms with E-state index in [2.05, 4.69) is 109 Å². The van der Waals surface area contributed by atoms with Crippen LogP contribution in [-0.4, -0.2) is 0 Å². The molecule has 0 saturated carbocycles. The summed E-state index contributed by atoms with van der Waals surface area (Å²) in [5.74, 6) is 0.659. The molecule has 0 fully saturated rings. The van der Waals surface area contributed by atoms with Crippen LogP contribution in [0.15, 0.2) is 72.8 Å². The first-order chi connectivity index (χ1) is 21.5. The molecular formula is C37H31IS6. The number of hydrogen-bond donors (Lipinski definition) is 0. The van der Waals surface area contributed by atoms with Gasteiger partial charge in [-0.2, -0.15) is 0 Å². The van der Waals surface area contributed by atoms with Gasteiger partial charge in [0.15, 0.2) is 0 Å². The van der Waals surface area contributed by atoms with Crippen LogP contribution in [0.4, 0.5) is 0 Å². The van der Waals surface area contributed by atoms with Crippen LogP contribution in [0.25, 0.3) is 69.6 Å². The summed E-state index contributed by atoms with van der Waals surface area (Å²) in [4.78, 5) is 9.87. The standard InChI is InChI=1S/C37H31IS6/c1-3-4-5-6-7-8-21(2)26-9-10-27(39-26)33-15-22-13-24-17-35(42-31(24)19-29(22)40-33)36-18-25-14-23-16-34(28-11-12-37(38)44-28)41-30(23)20-32(25)43-36/h9-21H,3-8H2,1-2H3. The molecule has 2 aromatic carbocycles. The van der Waals surface area contributed by atoms with E-state index >= 15 is 0 Å². The minimum Gasteiger partial charge on any atom is -0.139 e. The molecule has 8 aromatic rings. The van der Waals surface area contributed by atoms with E-state index < -0.39 is 0 Å². The van der Waals surface area contributed by atoms with Crippen LogP contribution in [0.5, 0.6) is 0 Å². The van der Waals surface area contributed by atoms with Crippen molar-refractivity contribution in [1.29, 1.82) is 0 Å². The highest BCUT2D eigenvalue weighted by Gasteiger charge is 2.15. The van der Waals surface area contributed by atoms with Crippen molar-refractivity contribution in [3.63, 3.8) is 0 Å². The van der Waals surface area contributed by atoms with Crippen molar-refractivity contribution in [2.45, 2.75) is 58.3 Å². The highest BCUT2D eigenvalue weighted by molar-refractivity contribution is 14.1. The van der Waals surface area contributed by atoms with Gasteiger partial charge < -0.3 is 0 Å². The van der Waals surface area contributed by atoms with Gasteiger partial charge in [0.1, 0.15) is 0 Å². The van der Waals surface area contributed by atoms with Gasteiger partial charge in [0.2, 0.25) is 0 Å². The molecule has 0 bridgehead atoms. The first-order valence-corrected chi connectivity index (χ1v) is 21.3. The maximum Gasteiger partial charge on any atom is 0.0660 e. The predicted octanol–water partition coefficient (Wildman–Crippen LogP) is 15.7. The Labute approximate surface area is 296 Å². The Hall–Kier alpha value is -1.59. The van der Waals surface area contributed by atoms with Gasteiger partial charge in [-0.05, 0) is 129 Å².